The Morgan fingerprint density at radius 1 is 0.268 bits per heavy atom. The van der Waals surface area contributed by atoms with E-state index in [4.69, 9.17) is 23.8 Å². The van der Waals surface area contributed by atoms with Crippen LogP contribution in [0.2, 0.25) is 0 Å². The lowest BCUT2D eigenvalue weighted by molar-refractivity contribution is 0.665. The molecular weight excluding hydrogens is 687 g/mol. The molecule has 0 aliphatic heterocycles. The van der Waals surface area contributed by atoms with Crippen LogP contribution in [0.25, 0.3) is 111 Å². The van der Waals surface area contributed by atoms with Crippen molar-refractivity contribution >= 4 is 43.9 Å². The van der Waals surface area contributed by atoms with Crippen LogP contribution in [0.3, 0.4) is 0 Å². The molecule has 11 rings (SSSR count). The zero-order chi connectivity index (χ0) is 37.0. The lowest BCUT2D eigenvalue weighted by Gasteiger charge is -2.10. The Labute approximate surface area is 322 Å². The van der Waals surface area contributed by atoms with Gasteiger partial charge < -0.3 is 8.83 Å². The Morgan fingerprint density at radius 3 is 1.50 bits per heavy atom. The lowest BCUT2D eigenvalue weighted by atomic mass is 9.94. The molecule has 3 aromatic heterocycles. The molecule has 0 fully saturated rings. The Balaban J connectivity index is 1.13. The fraction of sp³-hybridized carbons (Fsp3) is 0. The Kier molecular flexibility index (Phi) is 7.42. The molecule has 0 N–H and O–H groups in total. The van der Waals surface area contributed by atoms with Crippen LogP contribution in [0.15, 0.2) is 197 Å². The quantitative estimate of drug-likeness (QED) is 0.171. The molecule has 262 valence electrons. The lowest BCUT2D eigenvalue weighted by Crippen LogP contribution is -2.00. The summed E-state index contributed by atoms with van der Waals surface area (Å²) in [5.74, 6) is 1.72. The Hall–Kier alpha value is -7.63. The van der Waals surface area contributed by atoms with Gasteiger partial charge in [-0.05, 0) is 52.6 Å². The van der Waals surface area contributed by atoms with Gasteiger partial charge in [0.2, 0.25) is 0 Å². The van der Waals surface area contributed by atoms with E-state index in [1.165, 1.54) is 0 Å². The molecule has 0 aliphatic carbocycles. The molecule has 8 aromatic carbocycles. The molecule has 11 aromatic rings. The third-order valence-electron chi connectivity index (χ3n) is 10.5. The zero-order valence-electron chi connectivity index (χ0n) is 30.1. The summed E-state index contributed by atoms with van der Waals surface area (Å²) < 4.78 is 13.6. The van der Waals surface area contributed by atoms with Crippen molar-refractivity contribution < 1.29 is 8.83 Å². The van der Waals surface area contributed by atoms with E-state index in [0.717, 1.165) is 88.4 Å². The summed E-state index contributed by atoms with van der Waals surface area (Å²) in [5.41, 5.74) is 12.1. The molecule has 0 bridgehead atoms. The number of benzene rings is 8. The van der Waals surface area contributed by atoms with Gasteiger partial charge in [-0.1, -0.05) is 158 Å². The fourth-order valence-electron chi connectivity index (χ4n) is 7.84. The highest BCUT2D eigenvalue weighted by atomic mass is 16.3. The average Bonchev–Trinajstić information content (AvgIpc) is 3.86. The summed E-state index contributed by atoms with van der Waals surface area (Å²) >= 11 is 0. The molecule has 0 atom stereocenters. The van der Waals surface area contributed by atoms with Crippen molar-refractivity contribution in [2.24, 2.45) is 0 Å². The predicted octanol–water partition coefficient (Wildman–Crippen LogP) is 13.7. The van der Waals surface area contributed by atoms with Crippen LogP contribution in [0.1, 0.15) is 0 Å². The molecule has 0 amide bonds. The van der Waals surface area contributed by atoms with Crippen molar-refractivity contribution in [2.45, 2.75) is 0 Å². The minimum Gasteiger partial charge on any atom is -0.455 e. The number of para-hydroxylation sites is 3. The van der Waals surface area contributed by atoms with Crippen LogP contribution in [-0.2, 0) is 0 Å². The molecular formula is C51H31N3O2. The summed E-state index contributed by atoms with van der Waals surface area (Å²) in [4.78, 5) is 15.3. The number of nitrogens with zero attached hydrogens (tertiary/aromatic N) is 3. The van der Waals surface area contributed by atoms with Crippen LogP contribution in [0, 0.1) is 0 Å². The molecule has 0 saturated heterocycles. The first-order valence-electron chi connectivity index (χ1n) is 18.7. The highest BCUT2D eigenvalue weighted by Gasteiger charge is 2.22. The van der Waals surface area contributed by atoms with E-state index in [1.807, 2.05) is 60.7 Å². The SMILES string of the molecule is c1ccc(-c2cccc(-c3nc(-c4ccccc4)nc(-c4cccc5c4oc4c(-c6cc(-c7ccccc7)cc7c6oc6ccccc67)cccc45)n3)c2)cc1. The summed E-state index contributed by atoms with van der Waals surface area (Å²) in [7, 11) is 0. The van der Waals surface area contributed by atoms with Crippen LogP contribution in [0.4, 0.5) is 0 Å². The van der Waals surface area contributed by atoms with Crippen LogP contribution >= 0.6 is 0 Å². The number of fused-ring (bicyclic) bond motifs is 6. The third kappa shape index (κ3) is 5.37. The highest BCUT2D eigenvalue weighted by Crippen LogP contribution is 2.44. The fourth-order valence-corrected chi connectivity index (χ4v) is 7.84. The molecule has 0 radical (unpaired) electrons. The largest absolute Gasteiger partial charge is 0.455 e. The summed E-state index contributed by atoms with van der Waals surface area (Å²) in [6, 6.07) is 64.4. The first kappa shape index (κ1) is 31.9. The molecule has 5 nitrogen and oxygen atoms in total. The minimum atomic E-state index is 0.538. The van der Waals surface area contributed by atoms with Crippen LogP contribution in [0.5, 0.6) is 0 Å². The first-order valence-corrected chi connectivity index (χ1v) is 18.7. The summed E-state index contributed by atoms with van der Waals surface area (Å²) in [6.45, 7) is 0. The van der Waals surface area contributed by atoms with E-state index in [-0.39, 0.29) is 0 Å². The third-order valence-corrected chi connectivity index (χ3v) is 10.5. The monoisotopic (exact) mass is 717 g/mol. The van der Waals surface area contributed by atoms with Gasteiger partial charge in [0, 0.05) is 43.8 Å². The second-order valence-corrected chi connectivity index (χ2v) is 14.0. The van der Waals surface area contributed by atoms with Gasteiger partial charge in [-0.3, -0.25) is 0 Å². The number of aromatic nitrogens is 3. The van der Waals surface area contributed by atoms with Gasteiger partial charge in [0.25, 0.3) is 0 Å². The van der Waals surface area contributed by atoms with Gasteiger partial charge in [-0.25, -0.2) is 15.0 Å². The first-order chi connectivity index (χ1) is 27.7. The number of rotatable bonds is 6. The van der Waals surface area contributed by atoms with Crippen LogP contribution < -0.4 is 0 Å². The topological polar surface area (TPSA) is 65.0 Å². The van der Waals surface area contributed by atoms with E-state index < -0.39 is 0 Å². The van der Waals surface area contributed by atoms with Crippen molar-refractivity contribution in [1.29, 1.82) is 0 Å². The Morgan fingerprint density at radius 2 is 0.768 bits per heavy atom. The molecule has 3 heterocycles. The second-order valence-electron chi connectivity index (χ2n) is 14.0. The van der Waals surface area contributed by atoms with E-state index >= 15 is 0 Å². The van der Waals surface area contributed by atoms with Gasteiger partial charge in [-0.2, -0.15) is 0 Å². The molecule has 56 heavy (non-hydrogen) atoms. The molecule has 0 unspecified atom stereocenters. The van der Waals surface area contributed by atoms with Crippen molar-refractivity contribution in [3.8, 4) is 67.5 Å². The number of hydrogen-bond acceptors (Lipinski definition) is 5. The minimum absolute atomic E-state index is 0.538. The second kappa shape index (κ2) is 13.0. The van der Waals surface area contributed by atoms with Crippen molar-refractivity contribution in [1.82, 2.24) is 15.0 Å². The maximum Gasteiger partial charge on any atom is 0.167 e. The van der Waals surface area contributed by atoms with Gasteiger partial charge in [0.1, 0.15) is 22.3 Å². The van der Waals surface area contributed by atoms with Crippen molar-refractivity contribution in [2.75, 3.05) is 0 Å². The van der Waals surface area contributed by atoms with E-state index in [1.54, 1.807) is 0 Å². The molecule has 5 heteroatoms. The zero-order valence-corrected chi connectivity index (χ0v) is 30.1. The summed E-state index contributed by atoms with van der Waals surface area (Å²) in [5, 5.41) is 4.12. The molecule has 0 spiro atoms. The van der Waals surface area contributed by atoms with Crippen LogP contribution in [-0.4, -0.2) is 15.0 Å². The standard InChI is InChI=1S/C51H31N3O2/c1-4-15-32(16-5-1)35-21-12-22-36(29-35)50-52-49(34-19-8-3-9-20-34)53-51(54-50)42-27-14-25-40-39-24-13-26-41(46(39)56-47(40)42)44-31-37(33-17-6-2-7-18-33)30-43-38-23-10-11-28-45(38)55-48(43)44/h1-31H. The number of furan rings is 2. The number of hydrogen-bond donors (Lipinski definition) is 0. The highest BCUT2D eigenvalue weighted by molar-refractivity contribution is 6.17. The summed E-state index contributed by atoms with van der Waals surface area (Å²) in [6.07, 6.45) is 0. The van der Waals surface area contributed by atoms with E-state index in [9.17, 15) is 0 Å². The Bertz CT molecular complexity index is 3240. The molecule has 0 aliphatic rings. The van der Waals surface area contributed by atoms with Gasteiger partial charge in [0.05, 0.1) is 5.56 Å². The van der Waals surface area contributed by atoms with Gasteiger partial charge in [0.15, 0.2) is 17.5 Å². The predicted molar refractivity (Wildman–Crippen MR) is 227 cm³/mol. The average molecular weight is 718 g/mol. The van der Waals surface area contributed by atoms with E-state index in [0.29, 0.717) is 23.1 Å². The maximum absolute atomic E-state index is 7.02. The van der Waals surface area contributed by atoms with Gasteiger partial charge >= 0.3 is 0 Å². The normalized spacial score (nSPS) is 11.6. The smallest absolute Gasteiger partial charge is 0.167 e. The molecule has 0 saturated carbocycles. The maximum atomic E-state index is 7.02. The van der Waals surface area contributed by atoms with Crippen molar-refractivity contribution in [3.63, 3.8) is 0 Å². The van der Waals surface area contributed by atoms with Crippen molar-refractivity contribution in [3.05, 3.63) is 188 Å². The van der Waals surface area contributed by atoms with E-state index in [2.05, 4.69) is 127 Å². The van der Waals surface area contributed by atoms with Gasteiger partial charge in [-0.15, -0.1) is 0 Å².